The number of rotatable bonds is 7. The predicted molar refractivity (Wildman–Crippen MR) is 83.6 cm³/mol. The first-order valence-electron chi connectivity index (χ1n) is 7.23. The first-order valence-corrected chi connectivity index (χ1v) is 7.23. The Morgan fingerprint density at radius 2 is 1.90 bits per heavy atom. The number of benzene rings is 1. The molecule has 116 valence electrons. The van der Waals surface area contributed by atoms with E-state index in [0.717, 1.165) is 12.8 Å². The fraction of sp³-hybridized carbons (Fsp3) is 0.500. The smallest absolute Gasteiger partial charge is 0.319 e. The fourth-order valence-electron chi connectivity index (χ4n) is 2.04. The summed E-state index contributed by atoms with van der Waals surface area (Å²) < 4.78 is 0. The van der Waals surface area contributed by atoms with E-state index in [4.69, 9.17) is 0 Å². The summed E-state index contributed by atoms with van der Waals surface area (Å²) in [6, 6.07) is 6.46. The molecule has 0 heterocycles. The van der Waals surface area contributed by atoms with Crippen molar-refractivity contribution in [2.45, 2.75) is 33.6 Å². The Morgan fingerprint density at radius 3 is 2.43 bits per heavy atom. The van der Waals surface area contributed by atoms with Crippen LogP contribution in [0.2, 0.25) is 0 Å². The molecule has 0 atom stereocenters. The van der Waals surface area contributed by atoms with Gasteiger partial charge >= 0.3 is 6.03 Å². The monoisotopic (exact) mass is 292 g/mol. The summed E-state index contributed by atoms with van der Waals surface area (Å²) in [6.45, 7) is 5.93. The number of urea groups is 1. The van der Waals surface area contributed by atoms with Crippen LogP contribution in [0.1, 0.15) is 44.0 Å². The molecule has 0 aliphatic rings. The quantitative estimate of drug-likeness (QED) is 0.676. The van der Waals surface area contributed by atoms with E-state index < -0.39 is 0 Å². The van der Waals surface area contributed by atoms with Crippen molar-refractivity contribution < 1.29 is 14.7 Å². The molecule has 0 spiro atoms. The van der Waals surface area contributed by atoms with Gasteiger partial charge in [0.25, 0.3) is 0 Å². The van der Waals surface area contributed by atoms with Crippen LogP contribution in [-0.4, -0.2) is 30.1 Å². The summed E-state index contributed by atoms with van der Waals surface area (Å²) >= 11 is 0. The van der Waals surface area contributed by atoms with E-state index in [1.54, 1.807) is 24.3 Å². The summed E-state index contributed by atoms with van der Waals surface area (Å²) in [4.78, 5) is 23.2. The molecule has 0 aliphatic carbocycles. The zero-order valence-electron chi connectivity index (χ0n) is 12.9. The molecular formula is C16H24N2O3. The van der Waals surface area contributed by atoms with Crippen molar-refractivity contribution in [1.82, 2.24) is 5.32 Å². The molecule has 0 aromatic heterocycles. The van der Waals surface area contributed by atoms with Gasteiger partial charge in [-0.25, -0.2) is 4.79 Å². The number of ketones is 1. The van der Waals surface area contributed by atoms with Crippen LogP contribution >= 0.6 is 0 Å². The fourth-order valence-corrected chi connectivity index (χ4v) is 2.04. The lowest BCUT2D eigenvalue weighted by atomic mass is 9.83. The van der Waals surface area contributed by atoms with Crippen molar-refractivity contribution in [2.75, 3.05) is 18.5 Å². The van der Waals surface area contributed by atoms with Crippen LogP contribution in [0.15, 0.2) is 24.3 Å². The Morgan fingerprint density at radius 1 is 1.24 bits per heavy atom. The lowest BCUT2D eigenvalue weighted by Gasteiger charge is -2.29. The van der Waals surface area contributed by atoms with Gasteiger partial charge in [0.2, 0.25) is 0 Å². The molecule has 21 heavy (non-hydrogen) atoms. The molecule has 1 rings (SSSR count). The van der Waals surface area contributed by atoms with Gasteiger partial charge < -0.3 is 15.7 Å². The largest absolute Gasteiger partial charge is 0.396 e. The van der Waals surface area contributed by atoms with E-state index in [-0.39, 0.29) is 23.8 Å². The molecule has 1 aromatic carbocycles. The molecule has 0 bridgehead atoms. The zero-order valence-corrected chi connectivity index (χ0v) is 12.9. The average molecular weight is 292 g/mol. The molecule has 0 saturated carbocycles. The van der Waals surface area contributed by atoms with Gasteiger partial charge in [-0.3, -0.25) is 4.79 Å². The Balaban J connectivity index is 2.62. The number of carbonyl (C=O) groups is 2. The normalized spacial score (nSPS) is 11.0. The summed E-state index contributed by atoms with van der Waals surface area (Å²) in [5.74, 6) is -0.0460. The molecular weight excluding hydrogens is 268 g/mol. The maximum absolute atomic E-state index is 11.9. The van der Waals surface area contributed by atoms with Gasteiger partial charge in [0.15, 0.2) is 5.78 Å². The summed E-state index contributed by atoms with van der Waals surface area (Å²) in [5.41, 5.74) is 0.848. The van der Waals surface area contributed by atoms with Crippen LogP contribution in [0.4, 0.5) is 10.5 Å². The number of Topliss-reactive ketones (excluding diaryl/α,β-unsaturated/α-hetero) is 1. The van der Waals surface area contributed by atoms with Crippen molar-refractivity contribution in [3.05, 3.63) is 29.8 Å². The third kappa shape index (κ3) is 4.86. The minimum Gasteiger partial charge on any atom is -0.396 e. The molecule has 5 heteroatoms. The van der Waals surface area contributed by atoms with E-state index in [2.05, 4.69) is 10.6 Å². The van der Waals surface area contributed by atoms with Gasteiger partial charge in [-0.15, -0.1) is 0 Å². The number of nitrogens with one attached hydrogen (secondary N) is 2. The number of anilines is 1. The molecule has 1 aromatic rings. The Kier molecular flexibility index (Phi) is 6.37. The van der Waals surface area contributed by atoms with Gasteiger partial charge in [-0.2, -0.15) is 0 Å². The van der Waals surface area contributed by atoms with E-state index in [0.29, 0.717) is 17.8 Å². The van der Waals surface area contributed by atoms with Crippen molar-refractivity contribution in [2.24, 2.45) is 5.41 Å². The van der Waals surface area contributed by atoms with Gasteiger partial charge in [-0.1, -0.05) is 26.0 Å². The second-order valence-corrected chi connectivity index (χ2v) is 5.31. The standard InChI is InChI=1S/C16H24N2O3/c1-4-16(5-2,11-19)10-17-15(21)18-14-8-6-7-13(9-14)12(3)20/h6-9,19H,4-5,10-11H2,1-3H3,(H2,17,18,21). The van der Waals surface area contributed by atoms with E-state index in [9.17, 15) is 14.7 Å². The minimum absolute atomic E-state index is 0.0418. The van der Waals surface area contributed by atoms with Gasteiger partial charge in [0.05, 0.1) is 6.61 Å². The van der Waals surface area contributed by atoms with Crippen LogP contribution in [-0.2, 0) is 0 Å². The minimum atomic E-state index is -0.338. The number of carbonyl (C=O) groups excluding carboxylic acids is 2. The third-order valence-electron chi connectivity index (χ3n) is 3.99. The van der Waals surface area contributed by atoms with Crippen molar-refractivity contribution in [3.8, 4) is 0 Å². The van der Waals surface area contributed by atoms with Gasteiger partial charge in [0.1, 0.15) is 0 Å². The average Bonchev–Trinajstić information content (AvgIpc) is 2.49. The van der Waals surface area contributed by atoms with Gasteiger partial charge in [-0.05, 0) is 31.9 Å². The number of aliphatic hydroxyl groups is 1. The molecule has 0 unspecified atom stereocenters. The van der Waals surface area contributed by atoms with Crippen LogP contribution in [0.25, 0.3) is 0 Å². The number of hydrogen-bond acceptors (Lipinski definition) is 3. The van der Waals surface area contributed by atoms with Crippen LogP contribution in [0.5, 0.6) is 0 Å². The molecule has 0 saturated heterocycles. The summed E-state index contributed by atoms with van der Waals surface area (Å²) in [5, 5.41) is 14.9. The van der Waals surface area contributed by atoms with Crippen LogP contribution < -0.4 is 10.6 Å². The number of hydrogen-bond donors (Lipinski definition) is 3. The van der Waals surface area contributed by atoms with E-state index >= 15 is 0 Å². The molecule has 0 fully saturated rings. The van der Waals surface area contributed by atoms with Crippen LogP contribution in [0.3, 0.4) is 0 Å². The SMILES string of the molecule is CCC(CC)(CO)CNC(=O)Nc1cccc(C(C)=O)c1. The lowest BCUT2D eigenvalue weighted by molar-refractivity contribution is 0.101. The highest BCUT2D eigenvalue weighted by Gasteiger charge is 2.25. The Bertz CT molecular complexity index is 488. The highest BCUT2D eigenvalue weighted by molar-refractivity contribution is 5.96. The highest BCUT2D eigenvalue weighted by Crippen LogP contribution is 2.24. The Hall–Kier alpha value is -1.88. The first-order chi connectivity index (χ1) is 9.96. The maximum atomic E-state index is 11.9. The topological polar surface area (TPSA) is 78.4 Å². The first kappa shape index (κ1) is 17.2. The second-order valence-electron chi connectivity index (χ2n) is 5.31. The second kappa shape index (κ2) is 7.78. The molecule has 5 nitrogen and oxygen atoms in total. The summed E-state index contributed by atoms with van der Waals surface area (Å²) in [7, 11) is 0. The predicted octanol–water partition coefficient (Wildman–Crippen LogP) is 2.81. The lowest BCUT2D eigenvalue weighted by Crippen LogP contribution is -2.41. The van der Waals surface area contributed by atoms with E-state index in [1.165, 1.54) is 6.92 Å². The number of aliphatic hydroxyl groups excluding tert-OH is 1. The van der Waals surface area contributed by atoms with E-state index in [1.807, 2.05) is 13.8 Å². The van der Waals surface area contributed by atoms with Crippen LogP contribution in [0, 0.1) is 5.41 Å². The number of amides is 2. The van der Waals surface area contributed by atoms with Crippen molar-refractivity contribution >= 4 is 17.5 Å². The Labute approximate surface area is 125 Å². The highest BCUT2D eigenvalue weighted by atomic mass is 16.3. The molecule has 0 aliphatic heterocycles. The molecule has 0 radical (unpaired) electrons. The molecule has 2 amide bonds. The third-order valence-corrected chi connectivity index (χ3v) is 3.99. The van der Waals surface area contributed by atoms with Crippen molar-refractivity contribution in [1.29, 1.82) is 0 Å². The van der Waals surface area contributed by atoms with Crippen molar-refractivity contribution in [3.63, 3.8) is 0 Å². The summed E-state index contributed by atoms with van der Waals surface area (Å²) in [6.07, 6.45) is 1.58. The zero-order chi connectivity index (χ0) is 15.9. The molecule has 3 N–H and O–H groups in total. The maximum Gasteiger partial charge on any atom is 0.319 e. The van der Waals surface area contributed by atoms with Gasteiger partial charge in [0, 0.05) is 23.2 Å².